The molecule has 0 aromatic carbocycles. The second-order valence-corrected chi connectivity index (χ2v) is 5.65. The van der Waals surface area contributed by atoms with E-state index in [2.05, 4.69) is 16.9 Å². The van der Waals surface area contributed by atoms with Crippen molar-refractivity contribution in [2.75, 3.05) is 16.8 Å². The summed E-state index contributed by atoms with van der Waals surface area (Å²) >= 11 is 0. The number of anilines is 1. The van der Waals surface area contributed by atoms with Gasteiger partial charge in [-0.1, -0.05) is 6.08 Å². The highest BCUT2D eigenvalue weighted by atomic mass is 32.2. The largest absolute Gasteiger partial charge is 0.353 e. The van der Waals surface area contributed by atoms with Gasteiger partial charge in [-0.15, -0.1) is 6.58 Å². The van der Waals surface area contributed by atoms with Crippen molar-refractivity contribution in [2.45, 2.75) is 25.4 Å². The predicted octanol–water partition coefficient (Wildman–Crippen LogP) is 1.39. The molecule has 0 aliphatic carbocycles. The number of rotatable bonds is 4. The summed E-state index contributed by atoms with van der Waals surface area (Å²) in [6.45, 7) is 4.48. The molecule has 0 radical (unpaired) electrons. The topological polar surface area (TPSA) is 46.9 Å². The average molecular weight is 239 g/mol. The van der Waals surface area contributed by atoms with Gasteiger partial charge in [-0.2, -0.15) is 0 Å². The van der Waals surface area contributed by atoms with E-state index in [0.29, 0.717) is 6.04 Å². The van der Waals surface area contributed by atoms with Crippen LogP contribution in [-0.2, 0) is 17.3 Å². The number of nitrogens with one attached hydrogen (secondary N) is 1. The van der Waals surface area contributed by atoms with Gasteiger partial charge in [-0.3, -0.25) is 4.21 Å². The summed E-state index contributed by atoms with van der Waals surface area (Å²) in [5.74, 6) is 2.50. The summed E-state index contributed by atoms with van der Waals surface area (Å²) in [5, 5.41) is 3.40. The monoisotopic (exact) mass is 239 g/mol. The van der Waals surface area contributed by atoms with Gasteiger partial charge in [0.2, 0.25) is 5.95 Å². The number of hydrogen-bond donors (Lipinski definition) is 1. The zero-order chi connectivity index (χ0) is 11.4. The highest BCUT2D eigenvalue weighted by Gasteiger charge is 2.18. The van der Waals surface area contributed by atoms with Crippen molar-refractivity contribution < 1.29 is 4.21 Å². The lowest BCUT2D eigenvalue weighted by atomic mass is 10.2. The van der Waals surface area contributed by atoms with Gasteiger partial charge < -0.3 is 9.88 Å². The molecule has 0 unspecified atom stereocenters. The number of aromatic nitrogens is 2. The van der Waals surface area contributed by atoms with E-state index in [-0.39, 0.29) is 0 Å². The quantitative estimate of drug-likeness (QED) is 0.808. The van der Waals surface area contributed by atoms with Crippen LogP contribution in [-0.4, -0.2) is 31.3 Å². The molecule has 4 nitrogen and oxygen atoms in total. The van der Waals surface area contributed by atoms with Gasteiger partial charge in [0.05, 0.1) is 0 Å². The Kier molecular flexibility index (Phi) is 3.77. The van der Waals surface area contributed by atoms with E-state index >= 15 is 0 Å². The molecule has 0 bridgehead atoms. The first-order chi connectivity index (χ1) is 7.79. The Morgan fingerprint density at radius 2 is 2.38 bits per heavy atom. The molecule has 16 heavy (non-hydrogen) atoms. The normalized spacial score (nSPS) is 25.2. The predicted molar refractivity (Wildman–Crippen MR) is 66.9 cm³/mol. The maximum Gasteiger partial charge on any atom is 0.203 e. The molecule has 5 heteroatoms. The van der Waals surface area contributed by atoms with Crippen molar-refractivity contribution in [1.82, 2.24) is 9.55 Å². The maximum atomic E-state index is 11.2. The summed E-state index contributed by atoms with van der Waals surface area (Å²) in [6, 6.07) is 0.406. The Balaban J connectivity index is 1.95. The standard InChI is InChI=1S/C11H17N3OS/c1-2-6-14-7-5-12-11(14)13-10-3-8-16(15)9-4-10/h2,5,7,10H,1,3-4,6,8-9H2,(H,12,13). The molecule has 88 valence electrons. The molecule has 1 aliphatic heterocycles. The van der Waals surface area contributed by atoms with Crippen molar-refractivity contribution in [2.24, 2.45) is 0 Å². The highest BCUT2D eigenvalue weighted by molar-refractivity contribution is 7.85. The van der Waals surface area contributed by atoms with Crippen molar-refractivity contribution >= 4 is 16.7 Å². The van der Waals surface area contributed by atoms with E-state index in [1.165, 1.54) is 0 Å². The van der Waals surface area contributed by atoms with Crippen molar-refractivity contribution in [3.63, 3.8) is 0 Å². The fraction of sp³-hybridized carbons (Fsp3) is 0.545. The van der Waals surface area contributed by atoms with Crippen LogP contribution >= 0.6 is 0 Å². The second-order valence-electron chi connectivity index (χ2n) is 3.96. The third kappa shape index (κ3) is 2.72. The smallest absolute Gasteiger partial charge is 0.203 e. The lowest BCUT2D eigenvalue weighted by Crippen LogP contribution is -2.30. The second kappa shape index (κ2) is 5.30. The molecular weight excluding hydrogens is 222 g/mol. The Morgan fingerprint density at radius 3 is 3.06 bits per heavy atom. The Morgan fingerprint density at radius 1 is 1.62 bits per heavy atom. The SMILES string of the molecule is C=CCn1ccnc1NC1CCS(=O)CC1. The van der Waals surface area contributed by atoms with Gasteiger partial charge in [0.1, 0.15) is 0 Å². The molecule has 0 amide bonds. The molecular formula is C11H17N3OS. The first-order valence-electron chi connectivity index (χ1n) is 5.53. The lowest BCUT2D eigenvalue weighted by molar-refractivity contribution is 0.616. The van der Waals surface area contributed by atoms with E-state index in [0.717, 1.165) is 36.8 Å². The molecule has 1 aliphatic rings. The minimum Gasteiger partial charge on any atom is -0.353 e. The Labute approximate surface area is 98.2 Å². The van der Waals surface area contributed by atoms with Crippen LogP contribution < -0.4 is 5.32 Å². The van der Waals surface area contributed by atoms with Crippen LogP contribution in [0.2, 0.25) is 0 Å². The van der Waals surface area contributed by atoms with Crippen LogP contribution in [0.4, 0.5) is 5.95 Å². The zero-order valence-electron chi connectivity index (χ0n) is 9.26. The van der Waals surface area contributed by atoms with Gasteiger partial charge in [0.15, 0.2) is 0 Å². The van der Waals surface area contributed by atoms with Gasteiger partial charge in [-0.25, -0.2) is 4.98 Å². The minimum absolute atomic E-state index is 0.406. The summed E-state index contributed by atoms with van der Waals surface area (Å²) in [4.78, 5) is 4.28. The molecule has 1 aromatic heterocycles. The molecule has 0 saturated carbocycles. The zero-order valence-corrected chi connectivity index (χ0v) is 10.1. The van der Waals surface area contributed by atoms with Gasteiger partial charge in [-0.05, 0) is 12.8 Å². The van der Waals surface area contributed by atoms with E-state index in [9.17, 15) is 4.21 Å². The minimum atomic E-state index is -0.601. The third-order valence-corrected chi connectivity index (χ3v) is 4.14. The number of imidazole rings is 1. The van der Waals surface area contributed by atoms with E-state index in [1.54, 1.807) is 6.20 Å². The van der Waals surface area contributed by atoms with E-state index in [4.69, 9.17) is 0 Å². The Hall–Kier alpha value is -1.10. The van der Waals surface area contributed by atoms with Gasteiger partial charge >= 0.3 is 0 Å². The Bertz CT molecular complexity index is 378. The van der Waals surface area contributed by atoms with E-state index in [1.807, 2.05) is 16.8 Å². The van der Waals surface area contributed by atoms with Crippen LogP contribution in [0.5, 0.6) is 0 Å². The molecule has 1 saturated heterocycles. The maximum absolute atomic E-state index is 11.2. The fourth-order valence-electron chi connectivity index (χ4n) is 1.86. The summed E-state index contributed by atoms with van der Waals surface area (Å²) < 4.78 is 13.3. The number of nitrogens with zero attached hydrogens (tertiary/aromatic N) is 2. The molecule has 2 heterocycles. The van der Waals surface area contributed by atoms with Crippen LogP contribution in [0.1, 0.15) is 12.8 Å². The average Bonchev–Trinajstić information content (AvgIpc) is 2.70. The van der Waals surface area contributed by atoms with Crippen LogP contribution in [0.15, 0.2) is 25.0 Å². The molecule has 0 atom stereocenters. The van der Waals surface area contributed by atoms with Crippen molar-refractivity contribution in [1.29, 1.82) is 0 Å². The number of hydrogen-bond acceptors (Lipinski definition) is 3. The van der Waals surface area contributed by atoms with Gasteiger partial charge in [0, 0.05) is 47.3 Å². The lowest BCUT2D eigenvalue weighted by Gasteiger charge is -2.23. The molecule has 0 spiro atoms. The highest BCUT2D eigenvalue weighted by Crippen LogP contribution is 2.15. The first-order valence-corrected chi connectivity index (χ1v) is 7.02. The number of allylic oxidation sites excluding steroid dienone is 1. The third-order valence-electron chi connectivity index (χ3n) is 2.76. The van der Waals surface area contributed by atoms with Crippen LogP contribution in [0.25, 0.3) is 0 Å². The summed E-state index contributed by atoms with van der Waals surface area (Å²) in [7, 11) is -0.601. The molecule has 2 rings (SSSR count). The summed E-state index contributed by atoms with van der Waals surface area (Å²) in [5.41, 5.74) is 0. The summed E-state index contributed by atoms with van der Waals surface area (Å²) in [6.07, 6.45) is 7.50. The molecule has 1 fully saturated rings. The van der Waals surface area contributed by atoms with Crippen LogP contribution in [0.3, 0.4) is 0 Å². The van der Waals surface area contributed by atoms with Crippen molar-refractivity contribution in [3.05, 3.63) is 25.0 Å². The fourth-order valence-corrected chi connectivity index (χ4v) is 3.16. The van der Waals surface area contributed by atoms with E-state index < -0.39 is 10.8 Å². The van der Waals surface area contributed by atoms with Crippen molar-refractivity contribution in [3.8, 4) is 0 Å². The van der Waals surface area contributed by atoms with Crippen LogP contribution in [0, 0.1) is 0 Å². The molecule has 1 aromatic rings. The first kappa shape index (κ1) is 11.4. The van der Waals surface area contributed by atoms with Gasteiger partial charge in [0.25, 0.3) is 0 Å². The molecule has 1 N–H and O–H groups in total.